The van der Waals surface area contributed by atoms with E-state index in [4.69, 9.17) is 4.42 Å². The van der Waals surface area contributed by atoms with Gasteiger partial charge >= 0.3 is 12.1 Å². The van der Waals surface area contributed by atoms with Crippen molar-refractivity contribution >= 4 is 28.6 Å². The van der Waals surface area contributed by atoms with Gasteiger partial charge in [0.2, 0.25) is 17.7 Å². The summed E-state index contributed by atoms with van der Waals surface area (Å²) in [5.41, 5.74) is -0.936. The standard InChI is InChI=1S/C21H18F5N9O2/c1-9-32-33-18(37-9)19(2)11-13(27-3)29-15(30-14(11)31-17(19)36)12-10-5-4-7-28-16(10)35(34-12)8-6-20(22,23)21(24,25)26/h4-5,7H,6,8H2,1-3H3,(H2,27,29,30,31,36). The van der Waals surface area contributed by atoms with Crippen LogP contribution in [-0.4, -0.2) is 60.0 Å². The van der Waals surface area contributed by atoms with Gasteiger partial charge in [-0.3, -0.25) is 4.79 Å². The SMILES string of the molecule is CNc1nc(-c2nn(CCC(F)(F)C(F)(F)F)c3ncccc23)nc2c1C(C)(c1nnc(C)o1)C(=O)N2. The Morgan fingerprint density at radius 1 is 1.19 bits per heavy atom. The molecule has 1 amide bonds. The number of carbonyl (C=O) groups excluding carboxylic acids is 1. The maximum Gasteiger partial charge on any atom is 0.453 e. The molecule has 0 radical (unpaired) electrons. The Bertz CT molecular complexity index is 1530. The second-order valence-corrected chi connectivity index (χ2v) is 8.47. The molecule has 37 heavy (non-hydrogen) atoms. The zero-order valence-corrected chi connectivity index (χ0v) is 19.5. The Morgan fingerprint density at radius 2 is 1.95 bits per heavy atom. The van der Waals surface area contributed by atoms with Crippen LogP contribution in [0.3, 0.4) is 0 Å². The maximum absolute atomic E-state index is 13.6. The van der Waals surface area contributed by atoms with Gasteiger partial charge in [0.25, 0.3) is 0 Å². The summed E-state index contributed by atoms with van der Waals surface area (Å²) in [4.78, 5) is 26.0. The monoisotopic (exact) mass is 523 g/mol. The van der Waals surface area contributed by atoms with Crippen molar-refractivity contribution in [1.29, 1.82) is 0 Å². The van der Waals surface area contributed by atoms with Gasteiger partial charge in [0.1, 0.15) is 17.3 Å². The second kappa shape index (κ2) is 8.14. The van der Waals surface area contributed by atoms with Gasteiger partial charge in [0.15, 0.2) is 16.9 Å². The Balaban J connectivity index is 1.61. The fraction of sp³-hybridized carbons (Fsp3) is 0.381. The van der Waals surface area contributed by atoms with Crippen LogP contribution in [0.15, 0.2) is 22.7 Å². The molecule has 11 nitrogen and oxygen atoms in total. The number of rotatable bonds is 6. The summed E-state index contributed by atoms with van der Waals surface area (Å²) in [6.07, 6.45) is -5.88. The number of nitrogens with zero attached hydrogens (tertiary/aromatic N) is 7. The lowest BCUT2D eigenvalue weighted by molar-refractivity contribution is -0.285. The van der Waals surface area contributed by atoms with Gasteiger partial charge in [-0.15, -0.1) is 10.2 Å². The van der Waals surface area contributed by atoms with Crippen molar-refractivity contribution < 1.29 is 31.2 Å². The van der Waals surface area contributed by atoms with Gasteiger partial charge in [-0.2, -0.15) is 27.1 Å². The molecule has 0 bridgehead atoms. The van der Waals surface area contributed by atoms with Crippen LogP contribution in [0.25, 0.3) is 22.6 Å². The lowest BCUT2D eigenvalue weighted by atomic mass is 9.84. The average Bonchev–Trinajstić information content (AvgIpc) is 3.51. The van der Waals surface area contributed by atoms with Crippen LogP contribution in [-0.2, 0) is 16.8 Å². The quantitative estimate of drug-likeness (QED) is 0.364. The number of fused-ring (bicyclic) bond motifs is 2. The molecular formula is C21H18F5N9O2. The van der Waals surface area contributed by atoms with E-state index in [0.29, 0.717) is 10.9 Å². The number of nitrogens with one attached hydrogen (secondary N) is 2. The molecule has 0 aliphatic carbocycles. The topological polar surface area (TPSA) is 137 Å². The Kier molecular flexibility index (Phi) is 5.38. The highest BCUT2D eigenvalue weighted by Crippen LogP contribution is 2.45. The number of amides is 1. The first kappa shape index (κ1) is 24.5. The number of aromatic nitrogens is 7. The fourth-order valence-corrected chi connectivity index (χ4v) is 4.08. The molecule has 1 atom stereocenters. The molecule has 4 aromatic rings. The zero-order chi connectivity index (χ0) is 26.8. The summed E-state index contributed by atoms with van der Waals surface area (Å²) in [5.74, 6) is -4.82. The minimum atomic E-state index is -5.70. The third-order valence-electron chi connectivity index (χ3n) is 6.06. The van der Waals surface area contributed by atoms with E-state index in [2.05, 4.69) is 40.9 Å². The number of halogens is 5. The van der Waals surface area contributed by atoms with Crippen LogP contribution in [0, 0.1) is 6.92 Å². The molecule has 0 spiro atoms. The normalized spacial score (nSPS) is 17.8. The molecule has 1 aliphatic heterocycles. The molecule has 194 valence electrons. The Morgan fingerprint density at radius 3 is 2.59 bits per heavy atom. The van der Waals surface area contributed by atoms with Crippen LogP contribution in [0.2, 0.25) is 0 Å². The van der Waals surface area contributed by atoms with Crippen LogP contribution in [0.5, 0.6) is 0 Å². The van der Waals surface area contributed by atoms with E-state index < -0.39 is 36.4 Å². The number of alkyl halides is 5. The third-order valence-corrected chi connectivity index (χ3v) is 6.06. The summed E-state index contributed by atoms with van der Waals surface area (Å²) >= 11 is 0. The van der Waals surface area contributed by atoms with Gasteiger partial charge in [-0.1, -0.05) is 0 Å². The van der Waals surface area contributed by atoms with Crippen molar-refractivity contribution in [3.8, 4) is 11.5 Å². The predicted octanol–water partition coefficient (Wildman–Crippen LogP) is 3.47. The van der Waals surface area contributed by atoms with E-state index in [9.17, 15) is 26.7 Å². The highest BCUT2D eigenvalue weighted by Gasteiger charge is 2.57. The van der Waals surface area contributed by atoms with E-state index in [-0.39, 0.29) is 40.6 Å². The number of hydrogen-bond donors (Lipinski definition) is 2. The number of aryl methyl sites for hydroxylation is 2. The van der Waals surface area contributed by atoms with Crippen molar-refractivity contribution in [2.75, 3.05) is 17.7 Å². The highest BCUT2D eigenvalue weighted by molar-refractivity contribution is 6.08. The largest absolute Gasteiger partial charge is 0.453 e. The first-order chi connectivity index (χ1) is 17.4. The molecule has 4 aromatic heterocycles. The van der Waals surface area contributed by atoms with Crippen molar-refractivity contribution in [1.82, 2.24) is 34.9 Å². The summed E-state index contributed by atoms with van der Waals surface area (Å²) in [5, 5.41) is 17.9. The zero-order valence-electron chi connectivity index (χ0n) is 19.5. The van der Waals surface area contributed by atoms with Gasteiger partial charge in [0.05, 0.1) is 10.9 Å². The van der Waals surface area contributed by atoms with Crippen LogP contribution < -0.4 is 10.6 Å². The minimum Gasteiger partial charge on any atom is -0.424 e. The lowest BCUT2D eigenvalue weighted by Crippen LogP contribution is -2.37. The Hall–Kier alpha value is -4.24. The molecule has 16 heteroatoms. The van der Waals surface area contributed by atoms with Crippen molar-refractivity contribution in [3.05, 3.63) is 35.7 Å². The van der Waals surface area contributed by atoms with Gasteiger partial charge in [0, 0.05) is 33.1 Å². The van der Waals surface area contributed by atoms with Crippen LogP contribution in [0.1, 0.15) is 30.7 Å². The lowest BCUT2D eigenvalue weighted by Gasteiger charge is -2.19. The van der Waals surface area contributed by atoms with Crippen molar-refractivity contribution in [2.24, 2.45) is 0 Å². The van der Waals surface area contributed by atoms with Gasteiger partial charge < -0.3 is 15.1 Å². The summed E-state index contributed by atoms with van der Waals surface area (Å²) in [7, 11) is 1.56. The summed E-state index contributed by atoms with van der Waals surface area (Å²) in [6.45, 7) is 2.38. The van der Waals surface area contributed by atoms with Crippen LogP contribution >= 0.6 is 0 Å². The van der Waals surface area contributed by atoms with Gasteiger partial charge in [-0.05, 0) is 19.1 Å². The molecule has 1 unspecified atom stereocenters. The van der Waals surface area contributed by atoms with E-state index in [1.54, 1.807) is 33.0 Å². The smallest absolute Gasteiger partial charge is 0.424 e. The Labute approximate surface area is 204 Å². The fourth-order valence-electron chi connectivity index (χ4n) is 4.08. The molecule has 0 fully saturated rings. The maximum atomic E-state index is 13.6. The molecule has 2 N–H and O–H groups in total. The van der Waals surface area contributed by atoms with Crippen molar-refractivity contribution in [2.45, 2.75) is 44.3 Å². The van der Waals surface area contributed by atoms with E-state index in [1.165, 1.54) is 6.20 Å². The molecule has 0 aromatic carbocycles. The van der Waals surface area contributed by atoms with E-state index in [1.807, 2.05) is 0 Å². The van der Waals surface area contributed by atoms with Crippen molar-refractivity contribution in [3.63, 3.8) is 0 Å². The third kappa shape index (κ3) is 3.74. The first-order valence-electron chi connectivity index (χ1n) is 10.9. The average molecular weight is 523 g/mol. The minimum absolute atomic E-state index is 0.0197. The first-order valence-corrected chi connectivity index (χ1v) is 10.9. The van der Waals surface area contributed by atoms with E-state index >= 15 is 0 Å². The molecular weight excluding hydrogens is 505 g/mol. The molecule has 1 aliphatic rings. The number of carbonyl (C=O) groups is 1. The summed E-state index contributed by atoms with van der Waals surface area (Å²) in [6, 6.07) is 3.11. The number of pyridine rings is 1. The molecule has 5 rings (SSSR count). The molecule has 0 saturated carbocycles. The number of anilines is 2. The van der Waals surface area contributed by atoms with E-state index in [0.717, 1.165) is 4.68 Å². The molecule has 5 heterocycles. The summed E-state index contributed by atoms with van der Waals surface area (Å²) < 4.78 is 71.6. The highest BCUT2D eigenvalue weighted by atomic mass is 19.4. The predicted molar refractivity (Wildman–Crippen MR) is 118 cm³/mol. The second-order valence-electron chi connectivity index (χ2n) is 8.47. The van der Waals surface area contributed by atoms with Gasteiger partial charge in [-0.25, -0.2) is 19.6 Å². The molecule has 0 saturated heterocycles. The number of hydrogen-bond acceptors (Lipinski definition) is 9. The van der Waals surface area contributed by atoms with Crippen LogP contribution in [0.4, 0.5) is 33.6 Å².